The van der Waals surface area contributed by atoms with Crippen LogP contribution in [-0.2, 0) is 21.1 Å². The third-order valence-electron chi connectivity index (χ3n) is 0.333. The molecule has 0 aromatic rings. The summed E-state index contributed by atoms with van der Waals surface area (Å²) in [5, 5.41) is 29.5. The Labute approximate surface area is 111 Å². The van der Waals surface area contributed by atoms with Crippen LogP contribution >= 0.6 is 0 Å². The van der Waals surface area contributed by atoms with Gasteiger partial charge in [-0.1, -0.05) is 0 Å². The molecule has 0 unspecified atom stereocenters. The Balaban J connectivity index is -0.0000000369. The first kappa shape index (κ1) is 29.7. The van der Waals surface area contributed by atoms with Crippen LogP contribution in [0, 0.1) is 30.6 Å². The molecule has 108 valence electrons. The van der Waals surface area contributed by atoms with Crippen LogP contribution in [0.15, 0.2) is 0 Å². The average Bonchev–Trinajstić information content (AvgIpc) is 2.16. The van der Waals surface area contributed by atoms with Crippen LogP contribution in [0.2, 0.25) is 0 Å². The maximum Gasteiger partial charge on any atom is 2.00 e. The number of hydrogen-bond acceptors (Lipinski definition) is 10. The third-order valence-corrected chi connectivity index (χ3v) is 0.333. The van der Waals surface area contributed by atoms with Crippen molar-refractivity contribution in [3.63, 3.8) is 0 Å². The molecule has 12 nitrogen and oxygen atoms in total. The summed E-state index contributed by atoms with van der Waals surface area (Å²) in [6, 6.07) is 0. The van der Waals surface area contributed by atoms with Crippen LogP contribution in [-0.4, -0.2) is 36.4 Å². The van der Waals surface area contributed by atoms with Crippen LogP contribution < -0.4 is 22.9 Å². The molecule has 13 heteroatoms. The monoisotopic (exact) mass is 439 g/mol. The minimum absolute atomic E-state index is 0. The van der Waals surface area contributed by atoms with E-state index in [1.165, 1.54) is 0 Å². The summed E-state index contributed by atoms with van der Waals surface area (Å²) in [6.45, 7) is 2.39. The van der Waals surface area contributed by atoms with E-state index in [0.29, 0.717) is 26.2 Å². The van der Waals surface area contributed by atoms with Gasteiger partial charge in [0.15, 0.2) is 0 Å². The second kappa shape index (κ2) is 36.3. The summed E-state index contributed by atoms with van der Waals surface area (Å²) in [6.07, 6.45) is 0. The van der Waals surface area contributed by atoms with Gasteiger partial charge in [-0.3, -0.25) is 0 Å². The van der Waals surface area contributed by atoms with Crippen molar-refractivity contribution < 1.29 is 31.2 Å². The van der Waals surface area contributed by atoms with Gasteiger partial charge in [0.1, 0.15) is 0 Å². The Morgan fingerprint density at radius 1 is 0.647 bits per heavy atom. The molecule has 0 aliphatic carbocycles. The standard InChI is InChI=1S/2C2H8N2.2NO3.Pt/c2*3-1-2-4;2*2-1(3)4;/h2*1-4H2;;;/q;;2*-1;+2. The molecule has 0 aliphatic rings. The Kier molecular flexibility index (Phi) is 63.5. The van der Waals surface area contributed by atoms with Crippen molar-refractivity contribution in [2.75, 3.05) is 26.2 Å². The number of rotatable bonds is 2. The number of nitrogens with two attached hydrogens (primary N) is 4. The molecule has 17 heavy (non-hydrogen) atoms. The van der Waals surface area contributed by atoms with Gasteiger partial charge in [-0.25, -0.2) is 0 Å². The predicted octanol–water partition coefficient (Wildman–Crippen LogP) is -2.67. The SMILES string of the molecule is NCCN.NCCN.O=[N+]([O-])[O-].O=[N+]([O-])[O-].[Pt+2]. The molecule has 0 bridgehead atoms. The molecule has 0 atom stereocenters. The van der Waals surface area contributed by atoms with Crippen molar-refractivity contribution in [1.82, 2.24) is 0 Å². The zero-order valence-electron chi connectivity index (χ0n) is 8.80. The molecule has 0 saturated heterocycles. The zero-order valence-corrected chi connectivity index (χ0v) is 11.1. The second-order valence-electron chi connectivity index (χ2n) is 1.60. The zero-order chi connectivity index (χ0) is 14.0. The van der Waals surface area contributed by atoms with Crippen molar-refractivity contribution >= 4 is 0 Å². The Morgan fingerprint density at radius 3 is 0.706 bits per heavy atom. The minimum Gasteiger partial charge on any atom is -0.356 e. The van der Waals surface area contributed by atoms with Gasteiger partial charge < -0.3 is 53.6 Å². The molecule has 0 rings (SSSR count). The van der Waals surface area contributed by atoms with Gasteiger partial charge in [0.25, 0.3) is 0 Å². The quantitative estimate of drug-likeness (QED) is 0.257. The fraction of sp³-hybridized carbons (Fsp3) is 1.00. The van der Waals surface area contributed by atoms with Crippen molar-refractivity contribution in [2.24, 2.45) is 22.9 Å². The summed E-state index contributed by atoms with van der Waals surface area (Å²) in [4.78, 5) is 16.5. The summed E-state index contributed by atoms with van der Waals surface area (Å²) < 4.78 is 0. The summed E-state index contributed by atoms with van der Waals surface area (Å²) >= 11 is 0. The molecular weight excluding hydrogens is 423 g/mol. The molecule has 0 amide bonds. The van der Waals surface area contributed by atoms with Gasteiger partial charge in [-0.15, -0.1) is 0 Å². The molecule has 0 saturated carbocycles. The van der Waals surface area contributed by atoms with Gasteiger partial charge in [-0.05, 0) is 0 Å². The van der Waals surface area contributed by atoms with Crippen LogP contribution in [0.25, 0.3) is 0 Å². The van der Waals surface area contributed by atoms with E-state index in [2.05, 4.69) is 0 Å². The molecular formula is C4H16N6O6Pt. The van der Waals surface area contributed by atoms with Crippen LogP contribution in [0.5, 0.6) is 0 Å². The Morgan fingerprint density at radius 2 is 0.706 bits per heavy atom. The topological polar surface area (TPSA) is 236 Å². The Hall–Kier alpha value is -1.07. The van der Waals surface area contributed by atoms with E-state index in [1.54, 1.807) is 0 Å². The molecule has 0 fully saturated rings. The minimum atomic E-state index is -1.75. The summed E-state index contributed by atoms with van der Waals surface area (Å²) in [5.41, 5.74) is 19.6. The third kappa shape index (κ3) is 2900. The average molecular weight is 439 g/mol. The maximum atomic E-state index is 8.25. The summed E-state index contributed by atoms with van der Waals surface area (Å²) in [5.74, 6) is 0. The molecule has 0 heterocycles. The van der Waals surface area contributed by atoms with Gasteiger partial charge in [0.05, 0.1) is 10.2 Å². The predicted molar refractivity (Wildman–Crippen MR) is 56.9 cm³/mol. The van der Waals surface area contributed by atoms with Gasteiger partial charge >= 0.3 is 21.1 Å². The van der Waals surface area contributed by atoms with Gasteiger partial charge in [0.2, 0.25) is 0 Å². The van der Waals surface area contributed by atoms with Gasteiger partial charge in [-0.2, -0.15) is 0 Å². The number of nitrogens with zero attached hydrogens (tertiary/aromatic N) is 2. The smallest absolute Gasteiger partial charge is 0.356 e. The number of hydrogen-bond donors (Lipinski definition) is 4. The molecule has 0 spiro atoms. The molecule has 0 aliphatic heterocycles. The van der Waals surface area contributed by atoms with Crippen LogP contribution in [0.3, 0.4) is 0 Å². The van der Waals surface area contributed by atoms with Crippen molar-refractivity contribution in [2.45, 2.75) is 0 Å². The fourth-order valence-corrected chi connectivity index (χ4v) is 0. The molecule has 0 aromatic heterocycles. The first-order chi connectivity index (χ1) is 7.29. The fourth-order valence-electron chi connectivity index (χ4n) is 0. The van der Waals surface area contributed by atoms with E-state index >= 15 is 0 Å². The van der Waals surface area contributed by atoms with E-state index in [4.69, 9.17) is 53.6 Å². The van der Waals surface area contributed by atoms with Gasteiger partial charge in [0, 0.05) is 26.2 Å². The van der Waals surface area contributed by atoms with Crippen LogP contribution in [0.1, 0.15) is 0 Å². The van der Waals surface area contributed by atoms with Crippen molar-refractivity contribution in [3.05, 3.63) is 30.6 Å². The summed E-state index contributed by atoms with van der Waals surface area (Å²) in [7, 11) is 0. The first-order valence-corrected chi connectivity index (χ1v) is 3.73. The van der Waals surface area contributed by atoms with E-state index in [-0.39, 0.29) is 21.1 Å². The molecule has 8 N–H and O–H groups in total. The Bertz CT molecular complexity index is 122. The van der Waals surface area contributed by atoms with Crippen molar-refractivity contribution in [3.8, 4) is 0 Å². The largest absolute Gasteiger partial charge is 2.00 e. The molecule has 0 aromatic carbocycles. The van der Waals surface area contributed by atoms with Crippen LogP contribution in [0.4, 0.5) is 0 Å². The maximum absolute atomic E-state index is 8.25. The second-order valence-corrected chi connectivity index (χ2v) is 1.60. The van der Waals surface area contributed by atoms with E-state index in [9.17, 15) is 0 Å². The van der Waals surface area contributed by atoms with E-state index < -0.39 is 10.2 Å². The van der Waals surface area contributed by atoms with Crippen molar-refractivity contribution in [1.29, 1.82) is 0 Å². The first-order valence-electron chi connectivity index (χ1n) is 3.73. The van der Waals surface area contributed by atoms with E-state index in [1.807, 2.05) is 0 Å². The van der Waals surface area contributed by atoms with E-state index in [0.717, 1.165) is 0 Å². The normalized spacial score (nSPS) is 6.35. The molecule has 0 radical (unpaired) electrons.